The van der Waals surface area contributed by atoms with Crippen molar-refractivity contribution in [3.05, 3.63) is 67.0 Å². The molecule has 11 heteroatoms. The molecule has 3 aromatic heterocycles. The SMILES string of the molecule is CN(C)CCn1cc(-c2cc(Oc3ccc(NC(=O)Nc4ccn(C(C)(C)C)n4)c(F)c3)ccn2)cn1. The molecule has 4 rings (SSSR count). The van der Waals surface area contributed by atoms with Gasteiger partial charge in [0.15, 0.2) is 5.82 Å². The number of hydrogen-bond donors (Lipinski definition) is 2. The monoisotopic (exact) mass is 506 g/mol. The van der Waals surface area contributed by atoms with E-state index in [9.17, 15) is 9.18 Å². The third-order valence-electron chi connectivity index (χ3n) is 5.38. The van der Waals surface area contributed by atoms with Crippen molar-refractivity contribution in [2.75, 3.05) is 31.3 Å². The highest BCUT2D eigenvalue weighted by molar-refractivity contribution is 5.99. The molecule has 2 amide bonds. The van der Waals surface area contributed by atoms with E-state index in [2.05, 4.69) is 30.7 Å². The third kappa shape index (κ3) is 6.91. The first-order chi connectivity index (χ1) is 17.6. The number of amides is 2. The van der Waals surface area contributed by atoms with Gasteiger partial charge in [0.25, 0.3) is 0 Å². The first-order valence-electron chi connectivity index (χ1n) is 11.8. The van der Waals surface area contributed by atoms with Crippen LogP contribution < -0.4 is 15.4 Å². The van der Waals surface area contributed by atoms with Crippen LogP contribution in [0.5, 0.6) is 11.5 Å². The van der Waals surface area contributed by atoms with Gasteiger partial charge in [-0.05, 0) is 53.1 Å². The van der Waals surface area contributed by atoms with Gasteiger partial charge in [-0.15, -0.1) is 0 Å². The average molecular weight is 507 g/mol. The summed E-state index contributed by atoms with van der Waals surface area (Å²) in [5.41, 5.74) is 1.34. The van der Waals surface area contributed by atoms with E-state index in [0.29, 0.717) is 17.3 Å². The fourth-order valence-electron chi connectivity index (χ4n) is 3.38. The van der Waals surface area contributed by atoms with Gasteiger partial charge in [-0.1, -0.05) is 0 Å². The maximum absolute atomic E-state index is 14.7. The van der Waals surface area contributed by atoms with Crippen LogP contribution in [0.4, 0.5) is 20.7 Å². The molecule has 37 heavy (non-hydrogen) atoms. The molecule has 0 bridgehead atoms. The largest absolute Gasteiger partial charge is 0.457 e. The second-order valence-electron chi connectivity index (χ2n) is 9.81. The van der Waals surface area contributed by atoms with Crippen molar-refractivity contribution in [3.63, 3.8) is 0 Å². The van der Waals surface area contributed by atoms with Crippen LogP contribution in [0.1, 0.15) is 20.8 Å². The number of halogens is 1. The molecule has 10 nitrogen and oxygen atoms in total. The molecular formula is C26H31FN8O2. The second kappa shape index (κ2) is 10.8. The van der Waals surface area contributed by atoms with E-state index in [4.69, 9.17) is 4.74 Å². The molecule has 0 saturated heterocycles. The van der Waals surface area contributed by atoms with Gasteiger partial charge >= 0.3 is 6.03 Å². The van der Waals surface area contributed by atoms with Gasteiger partial charge in [-0.2, -0.15) is 10.2 Å². The zero-order chi connectivity index (χ0) is 26.6. The second-order valence-corrected chi connectivity index (χ2v) is 9.81. The van der Waals surface area contributed by atoms with Crippen molar-refractivity contribution in [2.45, 2.75) is 32.9 Å². The van der Waals surface area contributed by atoms with Gasteiger partial charge in [0.1, 0.15) is 17.3 Å². The first-order valence-corrected chi connectivity index (χ1v) is 11.8. The van der Waals surface area contributed by atoms with E-state index in [0.717, 1.165) is 18.7 Å². The number of ether oxygens (including phenoxy) is 1. The lowest BCUT2D eigenvalue weighted by Crippen LogP contribution is -2.24. The minimum Gasteiger partial charge on any atom is -0.457 e. The number of carbonyl (C=O) groups is 1. The van der Waals surface area contributed by atoms with Crippen LogP contribution in [0.2, 0.25) is 0 Å². The lowest BCUT2D eigenvalue weighted by Gasteiger charge is -2.18. The molecule has 0 unspecified atom stereocenters. The molecule has 0 radical (unpaired) electrons. The fourth-order valence-corrected chi connectivity index (χ4v) is 3.38. The van der Waals surface area contributed by atoms with Gasteiger partial charge in [0.05, 0.1) is 29.7 Å². The molecule has 2 N–H and O–H groups in total. The normalized spacial score (nSPS) is 11.5. The van der Waals surface area contributed by atoms with Crippen LogP contribution in [-0.4, -0.2) is 56.1 Å². The highest BCUT2D eigenvalue weighted by Gasteiger charge is 2.16. The summed E-state index contributed by atoms with van der Waals surface area (Å²) in [5, 5.41) is 13.8. The minimum absolute atomic E-state index is 0.0145. The standard InChI is InChI=1S/C26H31FN8O2/c1-26(2,3)35-11-9-24(32-35)31-25(36)30-22-7-6-19(14-21(22)27)37-20-8-10-28-23(15-20)18-16-29-34(17-18)13-12-33(4)5/h6-11,14-17H,12-13H2,1-5H3,(H2,30,31,32,36). The molecule has 0 aliphatic carbocycles. The number of anilines is 2. The van der Waals surface area contributed by atoms with E-state index >= 15 is 0 Å². The summed E-state index contributed by atoms with van der Waals surface area (Å²) in [6.07, 6.45) is 7.07. The van der Waals surface area contributed by atoms with E-state index in [1.165, 1.54) is 12.1 Å². The molecular weight excluding hydrogens is 475 g/mol. The van der Waals surface area contributed by atoms with E-state index in [-0.39, 0.29) is 17.0 Å². The summed E-state index contributed by atoms with van der Waals surface area (Å²) < 4.78 is 24.2. The van der Waals surface area contributed by atoms with Crippen molar-refractivity contribution in [1.29, 1.82) is 0 Å². The molecule has 0 fully saturated rings. The first kappa shape index (κ1) is 25.8. The number of likely N-dealkylation sites (N-methyl/N-ethyl adjacent to an activating group) is 1. The number of urea groups is 1. The van der Waals surface area contributed by atoms with E-state index in [1.807, 2.05) is 45.7 Å². The highest BCUT2D eigenvalue weighted by Crippen LogP contribution is 2.28. The summed E-state index contributed by atoms with van der Waals surface area (Å²) >= 11 is 0. The van der Waals surface area contributed by atoms with E-state index in [1.54, 1.807) is 47.5 Å². The summed E-state index contributed by atoms with van der Waals surface area (Å²) in [6.45, 7) is 7.63. The highest BCUT2D eigenvalue weighted by atomic mass is 19.1. The molecule has 0 aliphatic heterocycles. The molecule has 0 spiro atoms. The Morgan fingerprint density at radius 2 is 1.89 bits per heavy atom. The Morgan fingerprint density at radius 3 is 2.59 bits per heavy atom. The molecule has 194 valence electrons. The molecule has 0 aliphatic rings. The Kier molecular flexibility index (Phi) is 7.53. The van der Waals surface area contributed by atoms with Crippen molar-refractivity contribution in [1.82, 2.24) is 29.4 Å². The Labute approximate surface area is 215 Å². The van der Waals surface area contributed by atoms with Crippen molar-refractivity contribution in [3.8, 4) is 22.8 Å². The Balaban J connectivity index is 1.38. The van der Waals surface area contributed by atoms with Crippen LogP contribution in [0.3, 0.4) is 0 Å². The predicted molar refractivity (Wildman–Crippen MR) is 140 cm³/mol. The molecule has 3 heterocycles. The van der Waals surface area contributed by atoms with Crippen LogP contribution in [0.15, 0.2) is 61.2 Å². The van der Waals surface area contributed by atoms with Crippen LogP contribution >= 0.6 is 0 Å². The number of aromatic nitrogens is 5. The molecule has 0 saturated carbocycles. The summed E-state index contributed by atoms with van der Waals surface area (Å²) in [4.78, 5) is 18.8. The molecule has 4 aromatic rings. The minimum atomic E-state index is -0.635. The maximum atomic E-state index is 14.7. The van der Waals surface area contributed by atoms with Crippen molar-refractivity contribution >= 4 is 17.5 Å². The van der Waals surface area contributed by atoms with Gasteiger partial charge < -0.3 is 15.0 Å². The Hall–Kier alpha value is -4.25. The van der Waals surface area contributed by atoms with Crippen LogP contribution in [-0.2, 0) is 12.1 Å². The number of pyridine rings is 1. The number of rotatable bonds is 8. The summed E-state index contributed by atoms with van der Waals surface area (Å²) in [6, 6.07) is 8.76. The van der Waals surface area contributed by atoms with Gasteiger partial charge in [0.2, 0.25) is 0 Å². The number of carbonyl (C=O) groups excluding carboxylic acids is 1. The predicted octanol–water partition coefficient (Wildman–Crippen LogP) is 5.03. The van der Waals surface area contributed by atoms with Gasteiger partial charge in [-0.25, -0.2) is 9.18 Å². The number of hydrogen-bond acceptors (Lipinski definition) is 6. The van der Waals surface area contributed by atoms with Crippen LogP contribution in [0, 0.1) is 5.82 Å². The van der Waals surface area contributed by atoms with Crippen molar-refractivity contribution < 1.29 is 13.9 Å². The van der Waals surface area contributed by atoms with Gasteiger partial charge in [0, 0.05) is 48.9 Å². The zero-order valence-corrected chi connectivity index (χ0v) is 21.6. The smallest absolute Gasteiger partial charge is 0.324 e. The topological polar surface area (TPSA) is 102 Å². The lowest BCUT2D eigenvalue weighted by molar-refractivity contribution is 0.262. The quantitative estimate of drug-likeness (QED) is 0.347. The summed E-state index contributed by atoms with van der Waals surface area (Å²) in [5.74, 6) is 0.512. The molecule has 0 atom stereocenters. The van der Waals surface area contributed by atoms with Crippen LogP contribution in [0.25, 0.3) is 11.3 Å². The number of nitrogens with one attached hydrogen (secondary N) is 2. The molecule has 1 aromatic carbocycles. The zero-order valence-electron chi connectivity index (χ0n) is 21.6. The average Bonchev–Trinajstić information content (AvgIpc) is 3.49. The Morgan fingerprint density at radius 1 is 1.11 bits per heavy atom. The summed E-state index contributed by atoms with van der Waals surface area (Å²) in [7, 11) is 4.02. The lowest BCUT2D eigenvalue weighted by atomic mass is 10.1. The Bertz CT molecular complexity index is 1370. The maximum Gasteiger partial charge on any atom is 0.324 e. The van der Waals surface area contributed by atoms with E-state index < -0.39 is 11.8 Å². The number of benzene rings is 1. The fraction of sp³-hybridized carbons (Fsp3) is 0.308. The number of nitrogens with zero attached hydrogens (tertiary/aromatic N) is 6. The van der Waals surface area contributed by atoms with Crippen molar-refractivity contribution in [2.24, 2.45) is 0 Å². The third-order valence-corrected chi connectivity index (χ3v) is 5.38. The van der Waals surface area contributed by atoms with Gasteiger partial charge in [-0.3, -0.25) is 19.7 Å².